The van der Waals surface area contributed by atoms with Gasteiger partial charge in [0.2, 0.25) is 0 Å². The van der Waals surface area contributed by atoms with E-state index in [0.717, 1.165) is 11.1 Å². The summed E-state index contributed by atoms with van der Waals surface area (Å²) in [5.74, 6) is -0.273. The molecule has 3 rings (SSSR count). The Kier molecular flexibility index (Phi) is 6.48. The van der Waals surface area contributed by atoms with Gasteiger partial charge in [0.1, 0.15) is 0 Å². The number of anilines is 1. The van der Waals surface area contributed by atoms with E-state index in [1.165, 1.54) is 35.6 Å². The van der Waals surface area contributed by atoms with Crippen LogP contribution in [0.15, 0.2) is 77.7 Å². The summed E-state index contributed by atoms with van der Waals surface area (Å²) >= 11 is 5.87. The van der Waals surface area contributed by atoms with Gasteiger partial charge in [-0.25, -0.2) is 8.42 Å². The topological polar surface area (TPSA) is 66.5 Å². The summed E-state index contributed by atoms with van der Waals surface area (Å²) in [5.41, 5.74) is 2.55. The van der Waals surface area contributed by atoms with Crippen molar-refractivity contribution < 1.29 is 13.2 Å². The molecule has 3 aromatic carbocycles. The third kappa shape index (κ3) is 4.66. The van der Waals surface area contributed by atoms with Crippen molar-refractivity contribution in [1.82, 2.24) is 5.32 Å². The molecule has 0 bridgehead atoms. The zero-order chi connectivity index (χ0) is 21.9. The van der Waals surface area contributed by atoms with E-state index < -0.39 is 10.0 Å². The molecule has 0 saturated carbocycles. The first-order valence-electron chi connectivity index (χ1n) is 9.41. The highest BCUT2D eigenvalue weighted by atomic mass is 35.5. The zero-order valence-electron chi connectivity index (χ0n) is 17.0. The first kappa shape index (κ1) is 21.9. The van der Waals surface area contributed by atoms with E-state index >= 15 is 0 Å². The Morgan fingerprint density at radius 2 is 1.63 bits per heavy atom. The molecule has 30 heavy (non-hydrogen) atoms. The molecule has 7 heteroatoms. The minimum atomic E-state index is -3.80. The van der Waals surface area contributed by atoms with Crippen molar-refractivity contribution in [2.75, 3.05) is 11.4 Å². The number of rotatable bonds is 6. The van der Waals surface area contributed by atoms with Crippen molar-refractivity contribution in [2.45, 2.75) is 24.8 Å². The summed E-state index contributed by atoms with van der Waals surface area (Å²) in [7, 11) is -2.32. The number of amides is 1. The Morgan fingerprint density at radius 3 is 2.27 bits per heavy atom. The molecule has 0 spiro atoms. The van der Waals surface area contributed by atoms with Gasteiger partial charge in [0.25, 0.3) is 15.9 Å². The molecule has 1 unspecified atom stereocenters. The molecule has 0 heterocycles. The van der Waals surface area contributed by atoms with Crippen LogP contribution in [0, 0.1) is 6.92 Å². The number of carbonyl (C=O) groups excluding carboxylic acids is 1. The second kappa shape index (κ2) is 8.90. The minimum absolute atomic E-state index is 0.126. The number of sulfonamides is 1. The molecule has 0 aliphatic carbocycles. The third-order valence-corrected chi connectivity index (χ3v) is 6.97. The lowest BCUT2D eigenvalue weighted by Gasteiger charge is -2.22. The van der Waals surface area contributed by atoms with Gasteiger partial charge in [-0.3, -0.25) is 9.10 Å². The summed E-state index contributed by atoms with van der Waals surface area (Å²) in [6, 6.07) is 20.5. The zero-order valence-corrected chi connectivity index (χ0v) is 18.5. The van der Waals surface area contributed by atoms with Crippen molar-refractivity contribution in [3.05, 3.63) is 94.5 Å². The lowest BCUT2D eigenvalue weighted by molar-refractivity contribution is 0.0940. The molecule has 3 aromatic rings. The van der Waals surface area contributed by atoms with Crippen LogP contribution in [0.2, 0.25) is 5.02 Å². The Hall–Kier alpha value is -2.83. The molecular weight excluding hydrogens is 420 g/mol. The fraction of sp³-hybridized carbons (Fsp3) is 0.174. The van der Waals surface area contributed by atoms with E-state index in [4.69, 9.17) is 11.6 Å². The molecule has 0 aliphatic rings. The fourth-order valence-electron chi connectivity index (χ4n) is 3.09. The SMILES string of the molecule is Cc1ccc(C(=O)NC(C)c2ccccc2)cc1N(C)S(=O)(=O)c1ccc(Cl)cc1. The summed E-state index contributed by atoms with van der Waals surface area (Å²) < 4.78 is 27.2. The van der Waals surface area contributed by atoms with Gasteiger partial charge in [-0.15, -0.1) is 0 Å². The Morgan fingerprint density at radius 1 is 1.00 bits per heavy atom. The van der Waals surface area contributed by atoms with Crippen molar-refractivity contribution in [1.29, 1.82) is 0 Å². The van der Waals surface area contributed by atoms with Crippen LogP contribution in [0.3, 0.4) is 0 Å². The van der Waals surface area contributed by atoms with Gasteiger partial charge in [-0.1, -0.05) is 48.0 Å². The van der Waals surface area contributed by atoms with Gasteiger partial charge in [-0.05, 0) is 61.4 Å². The van der Waals surface area contributed by atoms with Crippen LogP contribution >= 0.6 is 11.6 Å². The normalized spacial score (nSPS) is 12.3. The first-order valence-corrected chi connectivity index (χ1v) is 11.2. The number of carbonyl (C=O) groups is 1. The molecule has 1 amide bonds. The molecule has 156 valence electrons. The third-order valence-electron chi connectivity index (χ3n) is 4.93. The first-order chi connectivity index (χ1) is 14.2. The molecule has 5 nitrogen and oxygen atoms in total. The summed E-state index contributed by atoms with van der Waals surface area (Å²) in [5, 5.41) is 3.41. The number of hydrogen-bond acceptors (Lipinski definition) is 3. The van der Waals surface area contributed by atoms with E-state index in [1.54, 1.807) is 25.1 Å². The largest absolute Gasteiger partial charge is 0.346 e. The standard InChI is InChI=1S/C23H23ClN2O3S/c1-16-9-10-19(23(27)25-17(2)18-7-5-4-6-8-18)15-22(16)26(3)30(28,29)21-13-11-20(24)12-14-21/h4-15,17H,1-3H3,(H,25,27). The second-order valence-corrected chi connectivity index (χ2v) is 9.44. The van der Waals surface area contributed by atoms with E-state index in [0.29, 0.717) is 16.3 Å². The number of nitrogens with zero attached hydrogens (tertiary/aromatic N) is 1. The van der Waals surface area contributed by atoms with Crippen LogP contribution in [-0.4, -0.2) is 21.4 Å². The summed E-state index contributed by atoms with van der Waals surface area (Å²) in [6.07, 6.45) is 0. The van der Waals surface area contributed by atoms with Crippen molar-refractivity contribution in [3.63, 3.8) is 0 Å². The molecule has 0 aliphatic heterocycles. The highest BCUT2D eigenvalue weighted by Gasteiger charge is 2.23. The van der Waals surface area contributed by atoms with Gasteiger partial charge < -0.3 is 5.32 Å². The Balaban J connectivity index is 1.87. The molecule has 0 radical (unpaired) electrons. The van der Waals surface area contributed by atoms with Crippen molar-refractivity contribution in [2.24, 2.45) is 0 Å². The lowest BCUT2D eigenvalue weighted by atomic mass is 10.1. The van der Waals surface area contributed by atoms with Gasteiger partial charge in [0, 0.05) is 17.6 Å². The number of aryl methyl sites for hydroxylation is 1. The number of nitrogens with one attached hydrogen (secondary N) is 1. The smallest absolute Gasteiger partial charge is 0.264 e. The molecule has 1 N–H and O–H groups in total. The number of hydrogen-bond donors (Lipinski definition) is 1. The predicted molar refractivity (Wildman–Crippen MR) is 121 cm³/mol. The van der Waals surface area contributed by atoms with E-state index in [2.05, 4.69) is 5.32 Å². The van der Waals surface area contributed by atoms with Crippen LogP contribution < -0.4 is 9.62 Å². The Bertz CT molecular complexity index is 1150. The number of benzene rings is 3. The van der Waals surface area contributed by atoms with Crippen LogP contribution in [0.4, 0.5) is 5.69 Å². The quantitative estimate of drug-likeness (QED) is 0.586. The van der Waals surface area contributed by atoms with Crippen LogP contribution in [-0.2, 0) is 10.0 Å². The second-order valence-electron chi connectivity index (χ2n) is 7.03. The van der Waals surface area contributed by atoms with Gasteiger partial charge in [0.05, 0.1) is 16.6 Å². The molecule has 0 fully saturated rings. The maximum absolute atomic E-state index is 13.0. The van der Waals surface area contributed by atoms with Crippen molar-refractivity contribution >= 4 is 33.2 Å². The highest BCUT2D eigenvalue weighted by Crippen LogP contribution is 2.27. The molecule has 0 saturated heterocycles. The monoisotopic (exact) mass is 442 g/mol. The van der Waals surface area contributed by atoms with Gasteiger partial charge in [-0.2, -0.15) is 0 Å². The highest BCUT2D eigenvalue weighted by molar-refractivity contribution is 7.92. The molecule has 0 aromatic heterocycles. The lowest BCUT2D eigenvalue weighted by Crippen LogP contribution is -2.29. The van der Waals surface area contributed by atoms with E-state index in [9.17, 15) is 13.2 Å². The maximum Gasteiger partial charge on any atom is 0.264 e. The van der Waals surface area contributed by atoms with E-state index in [1.807, 2.05) is 37.3 Å². The van der Waals surface area contributed by atoms with Crippen LogP contribution in [0.25, 0.3) is 0 Å². The average Bonchev–Trinajstić information content (AvgIpc) is 2.74. The Labute approximate surface area is 182 Å². The van der Waals surface area contributed by atoms with Crippen LogP contribution in [0.5, 0.6) is 0 Å². The fourth-order valence-corrected chi connectivity index (χ4v) is 4.47. The molecule has 1 atom stereocenters. The van der Waals surface area contributed by atoms with Crippen molar-refractivity contribution in [3.8, 4) is 0 Å². The summed E-state index contributed by atoms with van der Waals surface area (Å²) in [6.45, 7) is 3.71. The van der Waals surface area contributed by atoms with Gasteiger partial charge in [0.15, 0.2) is 0 Å². The number of halogens is 1. The van der Waals surface area contributed by atoms with Gasteiger partial charge >= 0.3 is 0 Å². The maximum atomic E-state index is 13.0. The minimum Gasteiger partial charge on any atom is -0.346 e. The molecular formula is C23H23ClN2O3S. The van der Waals surface area contributed by atoms with E-state index in [-0.39, 0.29) is 16.8 Å². The summed E-state index contributed by atoms with van der Waals surface area (Å²) in [4.78, 5) is 12.9. The predicted octanol–water partition coefficient (Wildman–Crippen LogP) is 4.96. The average molecular weight is 443 g/mol. The van der Waals surface area contributed by atoms with Crippen LogP contribution in [0.1, 0.15) is 34.5 Å².